The number of ether oxygens (including phenoxy) is 1. The van der Waals surface area contributed by atoms with Crippen LogP contribution in [0.2, 0.25) is 0 Å². The molecule has 0 N–H and O–H groups in total. The third-order valence-electron chi connectivity index (χ3n) is 1.53. The number of rotatable bonds is 3. The van der Waals surface area contributed by atoms with Crippen molar-refractivity contribution in [2.24, 2.45) is 0 Å². The Balaban J connectivity index is 3.13. The lowest BCUT2D eigenvalue weighted by atomic mass is 10.2. The summed E-state index contributed by atoms with van der Waals surface area (Å²) in [7, 11) is 0. The van der Waals surface area contributed by atoms with Crippen LogP contribution in [0.4, 0.5) is 0 Å². The molecule has 0 aliphatic rings. The van der Waals surface area contributed by atoms with Gasteiger partial charge in [0, 0.05) is 11.5 Å². The number of nitrogens with zero attached hydrogens (tertiary/aromatic N) is 2. The van der Waals surface area contributed by atoms with Crippen molar-refractivity contribution in [2.75, 3.05) is 6.61 Å². The third kappa shape index (κ3) is 2.19. The molecule has 0 fully saturated rings. The average Bonchev–Trinajstić information content (AvgIpc) is 2.18. The largest absolute Gasteiger partial charge is 0.492 e. The summed E-state index contributed by atoms with van der Waals surface area (Å²) >= 11 is 3.27. The van der Waals surface area contributed by atoms with E-state index in [-0.39, 0.29) is 0 Å². The Bertz CT molecular complexity index is 333. The summed E-state index contributed by atoms with van der Waals surface area (Å²) < 4.78 is 5.29. The molecule has 0 unspecified atom stereocenters. The van der Waals surface area contributed by atoms with Crippen LogP contribution >= 0.6 is 15.9 Å². The summed E-state index contributed by atoms with van der Waals surface area (Å²) in [6.07, 6.45) is 1.64. The van der Waals surface area contributed by atoms with Gasteiger partial charge in [-0.25, -0.2) is 0 Å². The lowest BCUT2D eigenvalue weighted by Crippen LogP contribution is -1.98. The molecule has 1 rings (SSSR count). The topological polar surface area (TPSA) is 45.9 Å². The minimum Gasteiger partial charge on any atom is -0.492 e. The summed E-state index contributed by atoms with van der Waals surface area (Å²) in [5, 5.41) is 9.43. The Morgan fingerprint density at radius 1 is 1.69 bits per heavy atom. The second-order valence-corrected chi connectivity index (χ2v) is 2.87. The summed E-state index contributed by atoms with van der Waals surface area (Å²) in [6.45, 7) is 2.44. The lowest BCUT2D eigenvalue weighted by molar-refractivity contribution is 0.338. The van der Waals surface area contributed by atoms with Crippen molar-refractivity contribution in [3.63, 3.8) is 0 Å². The van der Waals surface area contributed by atoms with Crippen LogP contribution in [-0.4, -0.2) is 11.6 Å². The van der Waals surface area contributed by atoms with Gasteiger partial charge in [0.15, 0.2) is 0 Å². The molecule has 0 aromatic carbocycles. The van der Waals surface area contributed by atoms with Crippen LogP contribution in [0.5, 0.6) is 5.75 Å². The molecule has 13 heavy (non-hydrogen) atoms. The second kappa shape index (κ2) is 4.83. The highest BCUT2D eigenvalue weighted by Gasteiger charge is 2.08. The minimum absolute atomic E-state index is 0.515. The standard InChI is InChI=1S/C9H9BrN2O/c1-2-13-9-3-4-12-8(5-10)7(9)6-11/h3-4H,2,5H2,1H3. The Morgan fingerprint density at radius 2 is 2.46 bits per heavy atom. The van der Waals surface area contributed by atoms with Gasteiger partial charge in [0.05, 0.1) is 12.3 Å². The van der Waals surface area contributed by atoms with Gasteiger partial charge >= 0.3 is 0 Å². The van der Waals surface area contributed by atoms with E-state index >= 15 is 0 Å². The van der Waals surface area contributed by atoms with Gasteiger partial charge in [-0.05, 0) is 13.0 Å². The Morgan fingerprint density at radius 3 is 3.00 bits per heavy atom. The fraction of sp³-hybridized carbons (Fsp3) is 0.333. The highest BCUT2D eigenvalue weighted by molar-refractivity contribution is 9.08. The minimum atomic E-state index is 0.515. The number of alkyl halides is 1. The highest BCUT2D eigenvalue weighted by Crippen LogP contribution is 2.20. The molecule has 0 aliphatic carbocycles. The summed E-state index contributed by atoms with van der Waals surface area (Å²) in [4.78, 5) is 4.06. The number of hydrogen-bond donors (Lipinski definition) is 0. The molecule has 0 bridgehead atoms. The van der Waals surface area contributed by atoms with E-state index in [1.807, 2.05) is 6.92 Å². The zero-order valence-electron chi connectivity index (χ0n) is 7.25. The van der Waals surface area contributed by atoms with Gasteiger partial charge in [0.25, 0.3) is 0 Å². The van der Waals surface area contributed by atoms with Crippen molar-refractivity contribution in [2.45, 2.75) is 12.3 Å². The molecule has 1 aromatic heterocycles. The molecule has 1 heterocycles. The molecule has 0 atom stereocenters. The SMILES string of the molecule is CCOc1ccnc(CBr)c1C#N. The van der Waals surface area contributed by atoms with Crippen LogP contribution in [0.25, 0.3) is 0 Å². The summed E-state index contributed by atoms with van der Waals surface area (Å²) in [5.41, 5.74) is 1.23. The number of nitriles is 1. The third-order valence-corrected chi connectivity index (χ3v) is 2.06. The summed E-state index contributed by atoms with van der Waals surface area (Å²) in [5.74, 6) is 0.606. The van der Waals surface area contributed by atoms with E-state index in [0.29, 0.717) is 28.9 Å². The van der Waals surface area contributed by atoms with E-state index in [2.05, 4.69) is 27.0 Å². The first-order valence-electron chi connectivity index (χ1n) is 3.90. The Kier molecular flexibility index (Phi) is 3.71. The molecule has 0 spiro atoms. The van der Waals surface area contributed by atoms with E-state index < -0.39 is 0 Å². The molecule has 0 radical (unpaired) electrons. The maximum atomic E-state index is 8.87. The average molecular weight is 241 g/mol. The van der Waals surface area contributed by atoms with Crippen molar-refractivity contribution in [3.05, 3.63) is 23.5 Å². The van der Waals surface area contributed by atoms with Gasteiger partial charge in [-0.1, -0.05) is 15.9 Å². The molecular weight excluding hydrogens is 232 g/mol. The summed E-state index contributed by atoms with van der Waals surface area (Å²) in [6, 6.07) is 3.78. The Labute approximate surface area is 85.5 Å². The molecule has 0 saturated carbocycles. The smallest absolute Gasteiger partial charge is 0.140 e. The van der Waals surface area contributed by atoms with Crippen molar-refractivity contribution in [3.8, 4) is 11.8 Å². The van der Waals surface area contributed by atoms with Crippen molar-refractivity contribution >= 4 is 15.9 Å². The highest BCUT2D eigenvalue weighted by atomic mass is 79.9. The molecule has 0 saturated heterocycles. The van der Waals surface area contributed by atoms with Crippen LogP contribution in [-0.2, 0) is 5.33 Å². The van der Waals surface area contributed by atoms with Gasteiger partial charge in [0.2, 0.25) is 0 Å². The zero-order valence-corrected chi connectivity index (χ0v) is 8.84. The van der Waals surface area contributed by atoms with E-state index in [4.69, 9.17) is 10.00 Å². The van der Waals surface area contributed by atoms with Gasteiger partial charge in [-0.2, -0.15) is 5.26 Å². The predicted octanol–water partition coefficient (Wildman–Crippen LogP) is 2.25. The van der Waals surface area contributed by atoms with Gasteiger partial charge in [-0.3, -0.25) is 4.98 Å². The van der Waals surface area contributed by atoms with Crippen LogP contribution in [0, 0.1) is 11.3 Å². The number of aromatic nitrogens is 1. The van der Waals surface area contributed by atoms with Crippen LogP contribution in [0.15, 0.2) is 12.3 Å². The van der Waals surface area contributed by atoms with E-state index in [0.717, 1.165) is 0 Å². The normalized spacial score (nSPS) is 9.31. The van der Waals surface area contributed by atoms with E-state index in [1.165, 1.54) is 0 Å². The van der Waals surface area contributed by atoms with E-state index in [1.54, 1.807) is 12.3 Å². The van der Waals surface area contributed by atoms with Gasteiger partial charge < -0.3 is 4.74 Å². The molecule has 1 aromatic rings. The Hall–Kier alpha value is -1.08. The predicted molar refractivity (Wildman–Crippen MR) is 52.8 cm³/mol. The van der Waals surface area contributed by atoms with Crippen molar-refractivity contribution in [1.29, 1.82) is 5.26 Å². The fourth-order valence-corrected chi connectivity index (χ4v) is 1.41. The maximum Gasteiger partial charge on any atom is 0.140 e. The quantitative estimate of drug-likeness (QED) is 0.762. The molecule has 3 nitrogen and oxygen atoms in total. The van der Waals surface area contributed by atoms with Gasteiger partial charge in [-0.15, -0.1) is 0 Å². The lowest BCUT2D eigenvalue weighted by Gasteiger charge is -2.06. The second-order valence-electron chi connectivity index (χ2n) is 2.31. The number of hydrogen-bond acceptors (Lipinski definition) is 3. The molecule has 68 valence electrons. The number of halogens is 1. The molecular formula is C9H9BrN2O. The monoisotopic (exact) mass is 240 g/mol. The first-order chi connectivity index (χ1) is 6.33. The van der Waals surface area contributed by atoms with Crippen molar-refractivity contribution < 1.29 is 4.74 Å². The molecule has 0 amide bonds. The van der Waals surface area contributed by atoms with E-state index in [9.17, 15) is 0 Å². The van der Waals surface area contributed by atoms with Crippen LogP contribution in [0.1, 0.15) is 18.2 Å². The molecule has 0 aliphatic heterocycles. The van der Waals surface area contributed by atoms with Crippen molar-refractivity contribution in [1.82, 2.24) is 4.98 Å². The van der Waals surface area contributed by atoms with Crippen LogP contribution in [0.3, 0.4) is 0 Å². The maximum absolute atomic E-state index is 8.87. The van der Waals surface area contributed by atoms with Crippen LogP contribution < -0.4 is 4.74 Å². The van der Waals surface area contributed by atoms with Gasteiger partial charge in [0.1, 0.15) is 17.4 Å². The first kappa shape index (κ1) is 10.0. The molecule has 4 heteroatoms. The first-order valence-corrected chi connectivity index (χ1v) is 5.02. The number of pyridine rings is 1. The zero-order chi connectivity index (χ0) is 9.68. The fourth-order valence-electron chi connectivity index (χ4n) is 0.982.